The van der Waals surface area contributed by atoms with E-state index in [9.17, 15) is 9.59 Å². The fraction of sp³-hybridized carbons (Fsp3) is 0.778. The van der Waals surface area contributed by atoms with Crippen LogP contribution in [0.1, 0.15) is 160 Å². The fourth-order valence-corrected chi connectivity index (χ4v) is 5.78. The molecule has 1 aliphatic heterocycles. The second kappa shape index (κ2) is 24.7. The molecule has 0 aliphatic carbocycles. The molecular formula is C36H64N2O3. The van der Waals surface area contributed by atoms with E-state index in [0.717, 1.165) is 55.6 Å². The lowest BCUT2D eigenvalue weighted by molar-refractivity contribution is -0.137. The number of benzene rings is 1. The highest BCUT2D eigenvalue weighted by atomic mass is 16.4. The number of carboxylic acids is 1. The number of likely N-dealkylation sites (tertiary alicyclic amines) is 1. The summed E-state index contributed by atoms with van der Waals surface area (Å²) in [7, 11) is 0. The molecule has 0 radical (unpaired) electrons. The first-order valence-electron chi connectivity index (χ1n) is 17.2. The highest BCUT2D eigenvalue weighted by Crippen LogP contribution is 2.23. The Morgan fingerprint density at radius 2 is 1.24 bits per heavy atom. The van der Waals surface area contributed by atoms with Crippen LogP contribution >= 0.6 is 0 Å². The third-order valence-corrected chi connectivity index (χ3v) is 8.44. The molecule has 236 valence electrons. The van der Waals surface area contributed by atoms with Gasteiger partial charge in [0, 0.05) is 12.1 Å². The number of piperidine rings is 1. The number of nitrogens with one attached hydrogen (secondary N) is 1. The number of para-hydroxylation sites is 1. The fourth-order valence-electron chi connectivity index (χ4n) is 5.78. The van der Waals surface area contributed by atoms with Crippen molar-refractivity contribution in [3.05, 3.63) is 29.3 Å². The Morgan fingerprint density at radius 3 is 1.73 bits per heavy atom. The number of hydrogen-bond acceptors (Lipinski definition) is 3. The van der Waals surface area contributed by atoms with Gasteiger partial charge in [0.15, 0.2) is 0 Å². The molecule has 0 aromatic heterocycles. The van der Waals surface area contributed by atoms with Gasteiger partial charge >= 0.3 is 5.97 Å². The second-order valence-corrected chi connectivity index (χ2v) is 12.3. The lowest BCUT2D eigenvalue weighted by Crippen LogP contribution is -2.47. The lowest BCUT2D eigenvalue weighted by Gasteiger charge is -2.34. The molecule has 41 heavy (non-hydrogen) atoms. The van der Waals surface area contributed by atoms with Crippen molar-refractivity contribution in [1.82, 2.24) is 4.90 Å². The van der Waals surface area contributed by atoms with Gasteiger partial charge in [0.25, 0.3) is 0 Å². The van der Waals surface area contributed by atoms with Crippen LogP contribution < -0.4 is 5.32 Å². The van der Waals surface area contributed by atoms with E-state index < -0.39 is 5.97 Å². The third kappa shape index (κ3) is 18.3. The van der Waals surface area contributed by atoms with Gasteiger partial charge in [-0.25, -0.2) is 0 Å². The summed E-state index contributed by atoms with van der Waals surface area (Å²) >= 11 is 0. The van der Waals surface area contributed by atoms with E-state index >= 15 is 0 Å². The monoisotopic (exact) mass is 572 g/mol. The van der Waals surface area contributed by atoms with Gasteiger partial charge in [0.1, 0.15) is 0 Å². The Balaban J connectivity index is 0.000000411. The zero-order valence-corrected chi connectivity index (χ0v) is 27.3. The molecule has 1 atom stereocenters. The first kappa shape index (κ1) is 37.1. The van der Waals surface area contributed by atoms with Gasteiger partial charge in [-0.2, -0.15) is 0 Å². The summed E-state index contributed by atoms with van der Waals surface area (Å²) in [6, 6.07) is 6.19. The van der Waals surface area contributed by atoms with E-state index in [4.69, 9.17) is 5.11 Å². The number of nitrogens with zero attached hydrogens (tertiary/aromatic N) is 1. The summed E-state index contributed by atoms with van der Waals surface area (Å²) in [5.74, 6) is -0.483. The standard InChI is InChI=1S/C18H28N2O.C18H36O2/c1-4-5-12-20-13-7-6-11-16(20)18(21)19-17-14(2)9-8-10-15(17)3;1-2-3-4-5-6-7-8-9-10-11-12-13-14-15-16-17-18(19)20/h8-10,16H,4-7,11-13H2,1-3H3,(H,19,21);2-17H2,1H3,(H,19,20). The number of rotatable bonds is 21. The number of carboxylic acid groups (broad SMARTS) is 1. The lowest BCUT2D eigenvalue weighted by atomic mass is 10.00. The number of aliphatic carboxylic acids is 1. The molecule has 1 aromatic rings. The molecule has 5 nitrogen and oxygen atoms in total. The van der Waals surface area contributed by atoms with Crippen LogP contribution in [0, 0.1) is 13.8 Å². The van der Waals surface area contributed by atoms with Crippen LogP contribution in [0.25, 0.3) is 0 Å². The van der Waals surface area contributed by atoms with E-state index in [1.54, 1.807) is 0 Å². The first-order valence-corrected chi connectivity index (χ1v) is 17.2. The number of hydrogen-bond donors (Lipinski definition) is 2. The third-order valence-electron chi connectivity index (χ3n) is 8.44. The molecule has 1 unspecified atom stereocenters. The zero-order valence-electron chi connectivity index (χ0n) is 27.3. The average Bonchev–Trinajstić information content (AvgIpc) is 2.96. The summed E-state index contributed by atoms with van der Waals surface area (Å²) in [5, 5.41) is 11.7. The molecule has 0 saturated carbocycles. The van der Waals surface area contributed by atoms with Crippen LogP contribution in [0.15, 0.2) is 18.2 Å². The van der Waals surface area contributed by atoms with Crippen LogP contribution in [0.5, 0.6) is 0 Å². The van der Waals surface area contributed by atoms with Crippen LogP contribution in [0.3, 0.4) is 0 Å². The van der Waals surface area contributed by atoms with E-state index in [1.807, 2.05) is 6.07 Å². The van der Waals surface area contributed by atoms with Crippen LogP contribution in [-0.4, -0.2) is 41.0 Å². The van der Waals surface area contributed by atoms with Crippen molar-refractivity contribution >= 4 is 17.6 Å². The van der Waals surface area contributed by atoms with Gasteiger partial charge in [-0.15, -0.1) is 0 Å². The first-order chi connectivity index (χ1) is 19.9. The van der Waals surface area contributed by atoms with Crippen molar-refractivity contribution in [2.75, 3.05) is 18.4 Å². The maximum Gasteiger partial charge on any atom is 0.303 e. The number of carbonyl (C=O) groups excluding carboxylic acids is 1. The Bertz CT molecular complexity index is 790. The molecule has 2 rings (SSSR count). The summed E-state index contributed by atoms with van der Waals surface area (Å²) in [6.07, 6.45) is 25.9. The maximum absolute atomic E-state index is 12.7. The summed E-state index contributed by atoms with van der Waals surface area (Å²) in [5.41, 5.74) is 3.27. The smallest absolute Gasteiger partial charge is 0.303 e. The molecule has 1 aromatic carbocycles. The van der Waals surface area contributed by atoms with Gasteiger partial charge < -0.3 is 10.4 Å². The van der Waals surface area contributed by atoms with Gasteiger partial charge in [-0.05, 0) is 63.7 Å². The molecule has 2 N–H and O–H groups in total. The van der Waals surface area contributed by atoms with Gasteiger partial charge in [0.2, 0.25) is 5.91 Å². The second-order valence-electron chi connectivity index (χ2n) is 12.3. The quantitative estimate of drug-likeness (QED) is 0.144. The van der Waals surface area contributed by atoms with Gasteiger partial charge in [-0.3, -0.25) is 14.5 Å². The molecule has 1 fully saturated rings. The predicted octanol–water partition coefficient (Wildman–Crippen LogP) is 10.2. The van der Waals surface area contributed by atoms with E-state index in [-0.39, 0.29) is 11.9 Å². The molecule has 1 saturated heterocycles. The van der Waals surface area contributed by atoms with Crippen molar-refractivity contribution < 1.29 is 14.7 Å². The largest absolute Gasteiger partial charge is 0.481 e. The maximum atomic E-state index is 12.7. The Kier molecular flexibility index (Phi) is 22.4. The molecule has 1 amide bonds. The minimum Gasteiger partial charge on any atom is -0.481 e. The number of aryl methyl sites for hydroxylation is 2. The van der Waals surface area contributed by atoms with Crippen molar-refractivity contribution in [2.45, 2.75) is 169 Å². The molecule has 0 spiro atoms. The summed E-state index contributed by atoms with van der Waals surface area (Å²) in [6.45, 7) is 10.7. The summed E-state index contributed by atoms with van der Waals surface area (Å²) in [4.78, 5) is 25.4. The van der Waals surface area contributed by atoms with E-state index in [1.165, 1.54) is 103 Å². The van der Waals surface area contributed by atoms with Crippen LogP contribution in [0.2, 0.25) is 0 Å². The SMILES string of the molecule is CCCCCCCCCCCCCCCCCC(=O)O.CCCCN1CCCCC1C(=O)Nc1c(C)cccc1C. The predicted molar refractivity (Wildman–Crippen MR) is 176 cm³/mol. The highest BCUT2D eigenvalue weighted by molar-refractivity contribution is 5.96. The van der Waals surface area contributed by atoms with E-state index in [0.29, 0.717) is 6.42 Å². The molecule has 5 heteroatoms. The van der Waals surface area contributed by atoms with Gasteiger partial charge in [-0.1, -0.05) is 135 Å². The molecule has 1 heterocycles. The Labute approximate surface area is 253 Å². The van der Waals surface area contributed by atoms with Gasteiger partial charge in [0.05, 0.1) is 6.04 Å². The zero-order chi connectivity index (χ0) is 30.1. The highest BCUT2D eigenvalue weighted by Gasteiger charge is 2.28. The molecular weight excluding hydrogens is 508 g/mol. The molecule has 0 bridgehead atoms. The number of unbranched alkanes of at least 4 members (excludes halogenated alkanes) is 15. The normalized spacial score (nSPS) is 15.3. The van der Waals surface area contributed by atoms with Crippen LogP contribution in [0.4, 0.5) is 5.69 Å². The average molecular weight is 573 g/mol. The Morgan fingerprint density at radius 1 is 0.756 bits per heavy atom. The topological polar surface area (TPSA) is 69.6 Å². The van der Waals surface area contributed by atoms with Crippen molar-refractivity contribution in [3.8, 4) is 0 Å². The minimum atomic E-state index is -0.653. The number of carbonyl (C=O) groups is 2. The molecule has 1 aliphatic rings. The van der Waals surface area contributed by atoms with Crippen molar-refractivity contribution in [2.24, 2.45) is 0 Å². The van der Waals surface area contributed by atoms with Crippen LogP contribution in [-0.2, 0) is 9.59 Å². The summed E-state index contributed by atoms with van der Waals surface area (Å²) < 4.78 is 0. The Hall–Kier alpha value is -1.88. The number of amides is 1. The minimum absolute atomic E-state index is 0.0457. The van der Waals surface area contributed by atoms with Crippen molar-refractivity contribution in [3.63, 3.8) is 0 Å². The van der Waals surface area contributed by atoms with E-state index in [2.05, 4.69) is 50.0 Å². The number of anilines is 1. The van der Waals surface area contributed by atoms with Crippen molar-refractivity contribution in [1.29, 1.82) is 0 Å².